The number of ether oxygens (including phenoxy) is 1. The van der Waals surface area contributed by atoms with E-state index in [9.17, 15) is 0 Å². The zero-order valence-electron chi connectivity index (χ0n) is 10.9. The molecule has 1 aromatic carbocycles. The van der Waals surface area contributed by atoms with Crippen molar-refractivity contribution in [3.63, 3.8) is 0 Å². The summed E-state index contributed by atoms with van der Waals surface area (Å²) in [4.78, 5) is 4.40. The predicted molar refractivity (Wildman–Crippen MR) is 81.0 cm³/mol. The highest BCUT2D eigenvalue weighted by Crippen LogP contribution is 2.14. The lowest BCUT2D eigenvalue weighted by molar-refractivity contribution is 0.414. The van der Waals surface area contributed by atoms with Crippen LogP contribution in [0.4, 0.5) is 5.95 Å². The summed E-state index contributed by atoms with van der Waals surface area (Å²) < 4.78 is 7.84. The minimum absolute atomic E-state index is 0.610. The third-order valence-electron chi connectivity index (χ3n) is 2.90. The summed E-state index contributed by atoms with van der Waals surface area (Å²) in [5, 5.41) is 7.57. The molecule has 0 bridgehead atoms. The lowest BCUT2D eigenvalue weighted by atomic mass is 10.2. The molecule has 5 nitrogen and oxygen atoms in total. The number of anilines is 1. The molecule has 0 atom stereocenters. The van der Waals surface area contributed by atoms with Gasteiger partial charge in [-0.25, -0.2) is 4.52 Å². The number of rotatable bonds is 4. The second kappa shape index (κ2) is 5.50. The van der Waals surface area contributed by atoms with E-state index in [-0.39, 0.29) is 0 Å². The van der Waals surface area contributed by atoms with Crippen LogP contribution in [0.25, 0.3) is 5.65 Å². The molecule has 0 fully saturated rings. The van der Waals surface area contributed by atoms with Crippen LogP contribution in [0.5, 0.6) is 5.75 Å². The van der Waals surface area contributed by atoms with Crippen LogP contribution in [-0.2, 0) is 6.54 Å². The van der Waals surface area contributed by atoms with Gasteiger partial charge in [-0.3, -0.25) is 0 Å². The van der Waals surface area contributed by atoms with Crippen LogP contribution in [0.2, 0.25) is 0 Å². The Morgan fingerprint density at radius 3 is 2.75 bits per heavy atom. The molecule has 6 heteroatoms. The molecule has 0 aliphatic carbocycles. The van der Waals surface area contributed by atoms with E-state index in [0.717, 1.165) is 21.4 Å². The van der Waals surface area contributed by atoms with Crippen molar-refractivity contribution in [1.82, 2.24) is 14.6 Å². The highest BCUT2D eigenvalue weighted by atomic mass is 79.9. The van der Waals surface area contributed by atoms with Crippen molar-refractivity contribution in [2.75, 3.05) is 12.4 Å². The maximum Gasteiger partial charge on any atom is 0.243 e. The number of fused-ring (bicyclic) bond motifs is 1. The molecule has 0 saturated carbocycles. The molecule has 0 amide bonds. The fourth-order valence-electron chi connectivity index (χ4n) is 1.86. The molecule has 0 aliphatic heterocycles. The van der Waals surface area contributed by atoms with Gasteiger partial charge in [0.1, 0.15) is 5.75 Å². The summed E-state index contributed by atoms with van der Waals surface area (Å²) in [7, 11) is 1.66. The molecule has 3 rings (SSSR count). The van der Waals surface area contributed by atoms with Gasteiger partial charge in [0, 0.05) is 17.2 Å². The van der Waals surface area contributed by atoms with Crippen molar-refractivity contribution < 1.29 is 4.74 Å². The first kappa shape index (κ1) is 12.9. The van der Waals surface area contributed by atoms with Gasteiger partial charge in [-0.15, -0.1) is 5.10 Å². The van der Waals surface area contributed by atoms with Crippen LogP contribution in [-0.4, -0.2) is 21.7 Å². The maximum absolute atomic E-state index is 5.13. The molecule has 3 aromatic rings. The summed E-state index contributed by atoms with van der Waals surface area (Å²) in [5.74, 6) is 1.46. The second-order valence-electron chi connectivity index (χ2n) is 4.29. The van der Waals surface area contributed by atoms with Gasteiger partial charge in [0.2, 0.25) is 5.95 Å². The van der Waals surface area contributed by atoms with Crippen molar-refractivity contribution in [1.29, 1.82) is 0 Å². The molecule has 0 saturated heterocycles. The standard InChI is InChI=1S/C14H13BrN4O/c1-20-12-5-2-10(3-6-12)8-16-14-17-13-7-4-11(15)9-19(13)18-14/h2-7,9H,8H2,1H3,(H,16,18). The lowest BCUT2D eigenvalue weighted by Gasteiger charge is -2.03. The van der Waals surface area contributed by atoms with E-state index >= 15 is 0 Å². The van der Waals surface area contributed by atoms with E-state index < -0.39 is 0 Å². The van der Waals surface area contributed by atoms with Crippen LogP contribution >= 0.6 is 15.9 Å². The second-order valence-corrected chi connectivity index (χ2v) is 5.20. The van der Waals surface area contributed by atoms with Gasteiger partial charge in [-0.05, 0) is 45.8 Å². The SMILES string of the molecule is COc1ccc(CNc2nc3ccc(Br)cn3n2)cc1. The maximum atomic E-state index is 5.13. The minimum Gasteiger partial charge on any atom is -0.497 e. The van der Waals surface area contributed by atoms with Gasteiger partial charge < -0.3 is 10.1 Å². The fourth-order valence-corrected chi connectivity index (χ4v) is 2.18. The van der Waals surface area contributed by atoms with E-state index in [0.29, 0.717) is 12.5 Å². The van der Waals surface area contributed by atoms with Gasteiger partial charge in [0.15, 0.2) is 5.65 Å². The molecule has 20 heavy (non-hydrogen) atoms. The van der Waals surface area contributed by atoms with Gasteiger partial charge >= 0.3 is 0 Å². The number of halogens is 1. The number of methoxy groups -OCH3 is 1. The lowest BCUT2D eigenvalue weighted by Crippen LogP contribution is -2.01. The molecular weight excluding hydrogens is 320 g/mol. The first-order chi connectivity index (χ1) is 9.74. The number of nitrogens with zero attached hydrogens (tertiary/aromatic N) is 3. The highest BCUT2D eigenvalue weighted by molar-refractivity contribution is 9.10. The average molecular weight is 333 g/mol. The fraction of sp³-hybridized carbons (Fsp3) is 0.143. The minimum atomic E-state index is 0.610. The molecule has 2 heterocycles. The third-order valence-corrected chi connectivity index (χ3v) is 3.37. The number of nitrogens with one attached hydrogen (secondary N) is 1. The number of hydrogen-bond donors (Lipinski definition) is 1. The number of benzene rings is 1. The summed E-state index contributed by atoms with van der Waals surface area (Å²) >= 11 is 3.41. The Hall–Kier alpha value is -2.08. The van der Waals surface area contributed by atoms with Crippen LogP contribution in [0.3, 0.4) is 0 Å². The Kier molecular flexibility index (Phi) is 3.56. The number of pyridine rings is 1. The van der Waals surface area contributed by atoms with E-state index in [2.05, 4.69) is 31.3 Å². The Balaban J connectivity index is 1.72. The predicted octanol–water partition coefficient (Wildman–Crippen LogP) is 3.11. The normalized spacial score (nSPS) is 10.7. The van der Waals surface area contributed by atoms with E-state index in [1.165, 1.54) is 0 Å². The topological polar surface area (TPSA) is 51.5 Å². The summed E-state index contributed by atoms with van der Waals surface area (Å²) in [6.45, 7) is 0.669. The van der Waals surface area contributed by atoms with Gasteiger partial charge in [-0.1, -0.05) is 12.1 Å². The van der Waals surface area contributed by atoms with Gasteiger partial charge in [-0.2, -0.15) is 4.98 Å². The first-order valence-electron chi connectivity index (χ1n) is 6.13. The Morgan fingerprint density at radius 1 is 1.20 bits per heavy atom. The highest BCUT2D eigenvalue weighted by Gasteiger charge is 2.03. The summed E-state index contributed by atoms with van der Waals surface area (Å²) in [6, 6.07) is 11.7. The molecule has 0 spiro atoms. The third kappa shape index (κ3) is 2.75. The van der Waals surface area contributed by atoms with Crippen LogP contribution in [0, 0.1) is 0 Å². The average Bonchev–Trinajstić information content (AvgIpc) is 2.87. The van der Waals surface area contributed by atoms with Gasteiger partial charge in [0.25, 0.3) is 0 Å². The molecular formula is C14H13BrN4O. The number of hydrogen-bond acceptors (Lipinski definition) is 4. The molecule has 0 radical (unpaired) electrons. The largest absolute Gasteiger partial charge is 0.497 e. The van der Waals surface area contributed by atoms with Crippen molar-refractivity contribution in [3.8, 4) is 5.75 Å². The summed E-state index contributed by atoms with van der Waals surface area (Å²) in [5.41, 5.74) is 1.95. The Bertz CT molecular complexity index is 724. The molecule has 2 aromatic heterocycles. The Labute approximate surface area is 124 Å². The van der Waals surface area contributed by atoms with Crippen molar-refractivity contribution >= 4 is 27.5 Å². The van der Waals surface area contributed by atoms with Crippen LogP contribution < -0.4 is 10.1 Å². The van der Waals surface area contributed by atoms with Crippen LogP contribution in [0.1, 0.15) is 5.56 Å². The van der Waals surface area contributed by atoms with Crippen molar-refractivity contribution in [2.45, 2.75) is 6.54 Å². The number of aromatic nitrogens is 3. The van der Waals surface area contributed by atoms with E-state index in [1.54, 1.807) is 11.6 Å². The van der Waals surface area contributed by atoms with E-state index in [4.69, 9.17) is 4.74 Å². The van der Waals surface area contributed by atoms with Crippen molar-refractivity contribution in [2.24, 2.45) is 0 Å². The molecule has 1 N–H and O–H groups in total. The smallest absolute Gasteiger partial charge is 0.243 e. The molecule has 0 unspecified atom stereocenters. The zero-order chi connectivity index (χ0) is 13.9. The summed E-state index contributed by atoms with van der Waals surface area (Å²) in [6.07, 6.45) is 1.88. The Morgan fingerprint density at radius 2 is 2.00 bits per heavy atom. The van der Waals surface area contributed by atoms with Crippen LogP contribution in [0.15, 0.2) is 47.1 Å². The quantitative estimate of drug-likeness (QED) is 0.797. The van der Waals surface area contributed by atoms with E-state index in [1.807, 2.05) is 42.6 Å². The monoisotopic (exact) mass is 332 g/mol. The molecule has 102 valence electrons. The first-order valence-corrected chi connectivity index (χ1v) is 6.92. The zero-order valence-corrected chi connectivity index (χ0v) is 12.5. The van der Waals surface area contributed by atoms with Gasteiger partial charge in [0.05, 0.1) is 7.11 Å². The molecule has 0 aliphatic rings. The van der Waals surface area contributed by atoms with Crippen molar-refractivity contribution in [3.05, 3.63) is 52.6 Å².